The number of aryl methyl sites for hydroxylation is 2. The summed E-state index contributed by atoms with van der Waals surface area (Å²) in [6.45, 7) is 3.52. The van der Waals surface area contributed by atoms with E-state index >= 15 is 0 Å². The number of fused-ring (bicyclic) bond motifs is 1. The molecular formula is C20H17ClN6O2. The number of carbonyl (C=O) groups is 1. The van der Waals surface area contributed by atoms with Gasteiger partial charge in [0.25, 0.3) is 5.56 Å². The van der Waals surface area contributed by atoms with Gasteiger partial charge in [-0.05, 0) is 43.7 Å². The molecule has 0 unspecified atom stereocenters. The number of nitrogens with zero attached hydrogens (tertiary/aromatic N) is 4. The third-order valence-corrected chi connectivity index (χ3v) is 4.72. The summed E-state index contributed by atoms with van der Waals surface area (Å²) in [5.74, 6) is 0.775. The first kappa shape index (κ1) is 18.8. The number of anilines is 1. The van der Waals surface area contributed by atoms with Crippen LogP contribution >= 0.6 is 11.6 Å². The Morgan fingerprint density at radius 2 is 2.07 bits per heavy atom. The highest BCUT2D eigenvalue weighted by molar-refractivity contribution is 6.35. The largest absolute Gasteiger partial charge is 0.324 e. The van der Waals surface area contributed by atoms with Crippen molar-refractivity contribution in [3.8, 4) is 11.4 Å². The van der Waals surface area contributed by atoms with Gasteiger partial charge in [-0.2, -0.15) is 5.10 Å². The van der Waals surface area contributed by atoms with Crippen LogP contribution < -0.4 is 10.9 Å². The monoisotopic (exact) mass is 408 g/mol. The first-order valence-corrected chi connectivity index (χ1v) is 9.24. The zero-order chi connectivity index (χ0) is 20.5. The standard InChI is InChI=1S/C20H17ClN6O2/c1-11-6-7-13(19-23-12(2)25-26-19)16(8-11)24-17(28)9-27-10-22-15-5-3-4-14(21)18(15)20(27)29/h3-8,10H,9H2,1-2H3,(H,24,28)(H,23,25,26). The molecule has 29 heavy (non-hydrogen) atoms. The van der Waals surface area contributed by atoms with Gasteiger partial charge in [-0.1, -0.05) is 23.7 Å². The zero-order valence-electron chi connectivity index (χ0n) is 15.7. The minimum Gasteiger partial charge on any atom is -0.324 e. The van der Waals surface area contributed by atoms with Gasteiger partial charge in [0.1, 0.15) is 12.4 Å². The maximum absolute atomic E-state index is 12.7. The second-order valence-electron chi connectivity index (χ2n) is 6.65. The Labute approximate surface area is 170 Å². The minimum atomic E-state index is -0.376. The highest BCUT2D eigenvalue weighted by atomic mass is 35.5. The van der Waals surface area contributed by atoms with Crippen LogP contribution in [0.5, 0.6) is 0 Å². The van der Waals surface area contributed by atoms with Gasteiger partial charge >= 0.3 is 0 Å². The Balaban J connectivity index is 1.64. The average Bonchev–Trinajstić information content (AvgIpc) is 3.10. The molecule has 0 aliphatic rings. The molecular weight excluding hydrogens is 392 g/mol. The lowest BCUT2D eigenvalue weighted by atomic mass is 10.1. The molecule has 9 heteroatoms. The van der Waals surface area contributed by atoms with Crippen LogP contribution in [0.2, 0.25) is 5.02 Å². The Bertz CT molecular complexity index is 1290. The molecule has 2 aromatic carbocycles. The number of benzene rings is 2. The molecule has 0 aliphatic heterocycles. The SMILES string of the molecule is Cc1ccc(-c2n[nH]c(C)n2)c(NC(=O)Cn2cnc3cccc(Cl)c3c2=O)c1. The molecule has 2 aromatic heterocycles. The Morgan fingerprint density at radius 3 is 2.83 bits per heavy atom. The van der Waals surface area contributed by atoms with Gasteiger partial charge in [0.05, 0.1) is 27.9 Å². The quantitative estimate of drug-likeness (QED) is 0.539. The molecule has 2 heterocycles. The molecule has 0 bridgehead atoms. The van der Waals surface area contributed by atoms with Crippen molar-refractivity contribution < 1.29 is 4.79 Å². The highest BCUT2D eigenvalue weighted by Gasteiger charge is 2.15. The van der Waals surface area contributed by atoms with Gasteiger partial charge in [-0.15, -0.1) is 0 Å². The molecule has 2 N–H and O–H groups in total. The number of hydrogen-bond acceptors (Lipinski definition) is 5. The number of carbonyl (C=O) groups excluding carboxylic acids is 1. The van der Waals surface area contributed by atoms with E-state index in [4.69, 9.17) is 11.6 Å². The summed E-state index contributed by atoms with van der Waals surface area (Å²) in [6, 6.07) is 10.6. The highest BCUT2D eigenvalue weighted by Crippen LogP contribution is 2.26. The first-order valence-electron chi connectivity index (χ1n) is 8.86. The molecule has 0 saturated carbocycles. The van der Waals surface area contributed by atoms with E-state index in [2.05, 4.69) is 25.5 Å². The van der Waals surface area contributed by atoms with Gasteiger partial charge in [0.15, 0.2) is 5.82 Å². The number of rotatable bonds is 4. The lowest BCUT2D eigenvalue weighted by Gasteiger charge is -2.11. The molecule has 0 fully saturated rings. The topological polar surface area (TPSA) is 106 Å². The summed E-state index contributed by atoms with van der Waals surface area (Å²) in [5, 5.41) is 10.4. The lowest BCUT2D eigenvalue weighted by molar-refractivity contribution is -0.116. The number of nitrogens with one attached hydrogen (secondary N) is 2. The van der Waals surface area contributed by atoms with Crippen LogP contribution in [0.3, 0.4) is 0 Å². The van der Waals surface area contributed by atoms with Crippen molar-refractivity contribution in [3.63, 3.8) is 0 Å². The predicted molar refractivity (Wildman–Crippen MR) is 111 cm³/mol. The van der Waals surface area contributed by atoms with Crippen molar-refractivity contribution in [3.05, 3.63) is 69.5 Å². The van der Waals surface area contributed by atoms with E-state index in [0.29, 0.717) is 33.4 Å². The third-order valence-electron chi connectivity index (χ3n) is 4.40. The van der Waals surface area contributed by atoms with E-state index in [1.165, 1.54) is 10.9 Å². The number of hydrogen-bond donors (Lipinski definition) is 2. The van der Waals surface area contributed by atoms with E-state index < -0.39 is 0 Å². The van der Waals surface area contributed by atoms with E-state index in [0.717, 1.165) is 5.56 Å². The number of amides is 1. The van der Waals surface area contributed by atoms with E-state index in [1.807, 2.05) is 25.1 Å². The van der Waals surface area contributed by atoms with Crippen molar-refractivity contribution in [2.75, 3.05) is 5.32 Å². The number of aromatic nitrogens is 5. The minimum absolute atomic E-state index is 0.201. The summed E-state index contributed by atoms with van der Waals surface area (Å²) >= 11 is 6.14. The van der Waals surface area contributed by atoms with Crippen LogP contribution in [-0.4, -0.2) is 30.6 Å². The summed E-state index contributed by atoms with van der Waals surface area (Å²) in [5.41, 5.74) is 2.33. The van der Waals surface area contributed by atoms with Crippen LogP contribution in [0.15, 0.2) is 47.5 Å². The van der Waals surface area contributed by atoms with Crippen molar-refractivity contribution >= 4 is 34.1 Å². The molecule has 4 aromatic rings. The van der Waals surface area contributed by atoms with E-state index in [1.54, 1.807) is 25.1 Å². The number of H-pyrrole nitrogens is 1. The van der Waals surface area contributed by atoms with Crippen LogP contribution in [0.4, 0.5) is 5.69 Å². The zero-order valence-corrected chi connectivity index (χ0v) is 16.5. The molecule has 0 spiro atoms. The van der Waals surface area contributed by atoms with Gasteiger partial charge in [0, 0.05) is 5.56 Å². The molecule has 1 amide bonds. The van der Waals surface area contributed by atoms with Gasteiger partial charge in [0.2, 0.25) is 5.91 Å². The van der Waals surface area contributed by atoms with Crippen molar-refractivity contribution in [1.29, 1.82) is 0 Å². The molecule has 8 nitrogen and oxygen atoms in total. The second kappa shape index (κ2) is 7.48. The van der Waals surface area contributed by atoms with Crippen LogP contribution in [0, 0.1) is 13.8 Å². The second-order valence-corrected chi connectivity index (χ2v) is 7.06. The Morgan fingerprint density at radius 1 is 1.24 bits per heavy atom. The van der Waals surface area contributed by atoms with Crippen LogP contribution in [0.1, 0.15) is 11.4 Å². The third kappa shape index (κ3) is 3.74. The fourth-order valence-electron chi connectivity index (χ4n) is 3.04. The fourth-order valence-corrected chi connectivity index (χ4v) is 3.29. The van der Waals surface area contributed by atoms with Gasteiger partial charge in [-0.3, -0.25) is 19.3 Å². The maximum Gasteiger partial charge on any atom is 0.263 e. The first-order chi connectivity index (χ1) is 13.9. The van der Waals surface area contributed by atoms with E-state index in [9.17, 15) is 9.59 Å². The predicted octanol–water partition coefficient (Wildman–Crippen LogP) is 3.09. The van der Waals surface area contributed by atoms with Gasteiger partial charge in [-0.25, -0.2) is 9.97 Å². The summed E-state index contributed by atoms with van der Waals surface area (Å²) < 4.78 is 1.23. The summed E-state index contributed by atoms with van der Waals surface area (Å²) in [7, 11) is 0. The number of aromatic amines is 1. The van der Waals surface area contributed by atoms with Gasteiger partial charge < -0.3 is 5.32 Å². The molecule has 146 valence electrons. The molecule has 4 rings (SSSR count). The Hall–Kier alpha value is -3.52. The fraction of sp³-hybridized carbons (Fsp3) is 0.150. The van der Waals surface area contributed by atoms with Crippen LogP contribution in [0.25, 0.3) is 22.3 Å². The normalized spacial score (nSPS) is 11.0. The molecule has 0 saturated heterocycles. The van der Waals surface area contributed by atoms with Crippen molar-refractivity contribution in [2.45, 2.75) is 20.4 Å². The van der Waals surface area contributed by atoms with Crippen LogP contribution in [-0.2, 0) is 11.3 Å². The average molecular weight is 409 g/mol. The van der Waals surface area contributed by atoms with E-state index in [-0.39, 0.29) is 23.4 Å². The van der Waals surface area contributed by atoms with Crippen molar-refractivity contribution in [1.82, 2.24) is 24.7 Å². The maximum atomic E-state index is 12.7. The van der Waals surface area contributed by atoms with Crippen molar-refractivity contribution in [2.24, 2.45) is 0 Å². The molecule has 0 atom stereocenters. The molecule has 0 radical (unpaired) electrons. The summed E-state index contributed by atoms with van der Waals surface area (Å²) in [4.78, 5) is 33.9. The Kier molecular flexibility index (Phi) is 4.85. The lowest BCUT2D eigenvalue weighted by Crippen LogP contribution is -2.28. The number of halogens is 1. The smallest absolute Gasteiger partial charge is 0.263 e. The molecule has 0 aliphatic carbocycles. The summed E-state index contributed by atoms with van der Waals surface area (Å²) in [6.07, 6.45) is 1.34.